The molecule has 1 aliphatic rings. The lowest BCUT2D eigenvalue weighted by Gasteiger charge is -2.08. The fourth-order valence-electron chi connectivity index (χ4n) is 1.53. The molecule has 2 N–H and O–H groups in total. The smallest absolute Gasteiger partial charge is 0.335 e. The van der Waals surface area contributed by atoms with Crippen LogP contribution in [0.25, 0.3) is 0 Å². The van der Waals surface area contributed by atoms with Crippen LogP contribution >= 0.6 is 11.6 Å². The van der Waals surface area contributed by atoms with E-state index in [0.717, 1.165) is 12.8 Å². The van der Waals surface area contributed by atoms with Crippen LogP contribution in [0, 0.1) is 0 Å². The molecule has 1 saturated carbocycles. The number of aromatic carboxylic acids is 1. The minimum atomic E-state index is -1.04. The third-order valence-corrected chi connectivity index (χ3v) is 3.00. The zero-order chi connectivity index (χ0) is 13.8. The van der Waals surface area contributed by atoms with E-state index in [1.54, 1.807) is 0 Å². The molecule has 5 nitrogen and oxygen atoms in total. The summed E-state index contributed by atoms with van der Waals surface area (Å²) >= 11 is 5.89. The molecule has 0 aliphatic heterocycles. The molecule has 0 saturated heterocycles. The fraction of sp³-hybridized carbons (Fsp3) is 0.385. The Morgan fingerprint density at radius 2 is 2.16 bits per heavy atom. The van der Waals surface area contributed by atoms with Crippen molar-refractivity contribution in [1.29, 1.82) is 0 Å². The molecule has 19 heavy (non-hydrogen) atoms. The molecule has 0 radical (unpaired) electrons. The maximum atomic E-state index is 11.4. The number of hydrogen-bond acceptors (Lipinski definition) is 3. The van der Waals surface area contributed by atoms with Crippen LogP contribution in [0.3, 0.4) is 0 Å². The number of nitrogens with one attached hydrogen (secondary N) is 1. The van der Waals surface area contributed by atoms with Crippen LogP contribution < -0.4 is 10.1 Å². The average Bonchev–Trinajstić information content (AvgIpc) is 3.14. The molecule has 2 rings (SSSR count). The first-order chi connectivity index (χ1) is 9.06. The SMILES string of the molecule is O=C(CCOc1ccc(C(=O)O)cc1Cl)NC1CC1. The highest BCUT2D eigenvalue weighted by atomic mass is 35.5. The first-order valence-corrected chi connectivity index (χ1v) is 6.39. The van der Waals surface area contributed by atoms with Gasteiger partial charge in [0.05, 0.1) is 23.6 Å². The molecule has 1 aromatic carbocycles. The Labute approximate surface area is 115 Å². The van der Waals surface area contributed by atoms with Crippen molar-refractivity contribution in [1.82, 2.24) is 5.32 Å². The zero-order valence-electron chi connectivity index (χ0n) is 10.2. The molecular formula is C13H14ClNO4. The van der Waals surface area contributed by atoms with Gasteiger partial charge in [0.1, 0.15) is 5.75 Å². The van der Waals surface area contributed by atoms with Gasteiger partial charge in [-0.2, -0.15) is 0 Å². The number of halogens is 1. The number of carboxylic acid groups (broad SMARTS) is 1. The Balaban J connectivity index is 1.81. The van der Waals surface area contributed by atoms with Gasteiger partial charge >= 0.3 is 5.97 Å². The van der Waals surface area contributed by atoms with Crippen molar-refractivity contribution in [2.45, 2.75) is 25.3 Å². The topological polar surface area (TPSA) is 75.6 Å². The van der Waals surface area contributed by atoms with Crippen LogP contribution in [0.5, 0.6) is 5.75 Å². The fourth-order valence-corrected chi connectivity index (χ4v) is 1.77. The van der Waals surface area contributed by atoms with E-state index in [-0.39, 0.29) is 29.5 Å². The molecular weight excluding hydrogens is 270 g/mol. The summed E-state index contributed by atoms with van der Waals surface area (Å²) in [6.07, 6.45) is 2.36. The van der Waals surface area contributed by atoms with Gasteiger partial charge in [-0.1, -0.05) is 11.6 Å². The van der Waals surface area contributed by atoms with Crippen molar-refractivity contribution in [2.75, 3.05) is 6.61 Å². The van der Waals surface area contributed by atoms with E-state index in [4.69, 9.17) is 21.4 Å². The molecule has 0 unspecified atom stereocenters. The summed E-state index contributed by atoms with van der Waals surface area (Å²) in [5, 5.41) is 11.9. The molecule has 1 aliphatic carbocycles. The van der Waals surface area contributed by atoms with E-state index in [2.05, 4.69) is 5.32 Å². The Kier molecular flexibility index (Phi) is 4.27. The second-order valence-electron chi connectivity index (χ2n) is 4.39. The van der Waals surface area contributed by atoms with Gasteiger partial charge in [-0.15, -0.1) is 0 Å². The summed E-state index contributed by atoms with van der Waals surface area (Å²) in [6, 6.07) is 4.56. The van der Waals surface area contributed by atoms with Gasteiger partial charge in [0.2, 0.25) is 5.91 Å². The lowest BCUT2D eigenvalue weighted by molar-refractivity contribution is -0.121. The molecule has 0 bridgehead atoms. The number of carbonyl (C=O) groups is 2. The van der Waals surface area contributed by atoms with Crippen molar-refractivity contribution >= 4 is 23.5 Å². The van der Waals surface area contributed by atoms with Crippen molar-refractivity contribution in [3.05, 3.63) is 28.8 Å². The highest BCUT2D eigenvalue weighted by Gasteiger charge is 2.22. The van der Waals surface area contributed by atoms with Gasteiger partial charge in [0, 0.05) is 6.04 Å². The van der Waals surface area contributed by atoms with Crippen LogP contribution in [-0.2, 0) is 4.79 Å². The summed E-state index contributed by atoms with van der Waals surface area (Å²) < 4.78 is 5.36. The maximum absolute atomic E-state index is 11.4. The third-order valence-electron chi connectivity index (χ3n) is 2.71. The predicted octanol–water partition coefficient (Wildman–Crippen LogP) is 2.09. The Bertz CT molecular complexity index is 499. The van der Waals surface area contributed by atoms with E-state index < -0.39 is 5.97 Å². The van der Waals surface area contributed by atoms with E-state index in [1.165, 1.54) is 18.2 Å². The minimum Gasteiger partial charge on any atom is -0.491 e. The maximum Gasteiger partial charge on any atom is 0.335 e. The minimum absolute atomic E-state index is 0.0409. The quantitative estimate of drug-likeness (QED) is 0.838. The van der Waals surface area contributed by atoms with Crippen molar-refractivity contribution in [2.24, 2.45) is 0 Å². The van der Waals surface area contributed by atoms with Gasteiger partial charge in [0.25, 0.3) is 0 Å². The molecule has 6 heteroatoms. The van der Waals surface area contributed by atoms with Crippen LogP contribution in [0.1, 0.15) is 29.6 Å². The molecule has 102 valence electrons. The Morgan fingerprint density at radius 3 is 2.74 bits per heavy atom. The normalized spacial score (nSPS) is 13.9. The molecule has 1 amide bonds. The van der Waals surface area contributed by atoms with Crippen molar-refractivity contribution in [3.8, 4) is 5.75 Å². The number of ether oxygens (including phenoxy) is 1. The molecule has 0 aromatic heterocycles. The molecule has 0 spiro atoms. The van der Waals surface area contributed by atoms with E-state index >= 15 is 0 Å². The van der Waals surface area contributed by atoms with Gasteiger partial charge in [-0.25, -0.2) is 4.79 Å². The number of benzene rings is 1. The highest BCUT2D eigenvalue weighted by Crippen LogP contribution is 2.25. The predicted molar refractivity (Wildman–Crippen MR) is 69.7 cm³/mol. The van der Waals surface area contributed by atoms with Crippen LogP contribution in [0.4, 0.5) is 0 Å². The summed E-state index contributed by atoms with van der Waals surface area (Å²) in [5.41, 5.74) is 0.101. The number of carbonyl (C=O) groups excluding carboxylic acids is 1. The zero-order valence-corrected chi connectivity index (χ0v) is 10.9. The number of carboxylic acids is 1. The van der Waals surface area contributed by atoms with Crippen LogP contribution in [0.2, 0.25) is 5.02 Å². The average molecular weight is 284 g/mol. The van der Waals surface area contributed by atoms with E-state index in [9.17, 15) is 9.59 Å². The second kappa shape index (κ2) is 5.93. The Hall–Kier alpha value is -1.75. The highest BCUT2D eigenvalue weighted by molar-refractivity contribution is 6.32. The third kappa shape index (κ3) is 4.13. The van der Waals surface area contributed by atoms with Gasteiger partial charge in [-0.05, 0) is 31.0 Å². The summed E-state index contributed by atoms with van der Waals surface area (Å²) in [4.78, 5) is 22.1. The Morgan fingerprint density at radius 1 is 1.42 bits per heavy atom. The van der Waals surface area contributed by atoms with E-state index in [0.29, 0.717) is 11.8 Å². The first-order valence-electron chi connectivity index (χ1n) is 6.01. The van der Waals surface area contributed by atoms with E-state index in [1.807, 2.05) is 0 Å². The van der Waals surface area contributed by atoms with Gasteiger partial charge in [0.15, 0.2) is 0 Å². The largest absolute Gasteiger partial charge is 0.491 e. The first kappa shape index (κ1) is 13.7. The number of amides is 1. The van der Waals surface area contributed by atoms with Crippen LogP contribution in [-0.4, -0.2) is 29.6 Å². The number of hydrogen-bond donors (Lipinski definition) is 2. The lowest BCUT2D eigenvalue weighted by Crippen LogP contribution is -2.26. The molecule has 1 aromatic rings. The van der Waals surface area contributed by atoms with Crippen molar-refractivity contribution in [3.63, 3.8) is 0 Å². The van der Waals surface area contributed by atoms with Crippen LogP contribution in [0.15, 0.2) is 18.2 Å². The molecule has 0 heterocycles. The summed E-state index contributed by atoms with van der Waals surface area (Å²) in [7, 11) is 0. The van der Waals surface area contributed by atoms with Crippen molar-refractivity contribution < 1.29 is 19.4 Å². The monoisotopic (exact) mass is 283 g/mol. The lowest BCUT2D eigenvalue weighted by atomic mass is 10.2. The van der Waals surface area contributed by atoms with Gasteiger partial charge in [-0.3, -0.25) is 4.79 Å². The summed E-state index contributed by atoms with van der Waals surface area (Å²) in [5.74, 6) is -0.705. The summed E-state index contributed by atoms with van der Waals surface area (Å²) in [6.45, 7) is 0.213. The van der Waals surface area contributed by atoms with Gasteiger partial charge < -0.3 is 15.2 Å². The molecule has 0 atom stereocenters. The second-order valence-corrected chi connectivity index (χ2v) is 4.80. The number of rotatable bonds is 6. The molecule has 1 fully saturated rings. The standard InChI is InChI=1S/C13H14ClNO4/c14-10-7-8(13(17)18)1-4-11(10)19-6-5-12(16)15-9-2-3-9/h1,4,7,9H,2-3,5-6H2,(H,15,16)(H,17,18).